The summed E-state index contributed by atoms with van der Waals surface area (Å²) in [5.74, 6) is 1.19. The first-order chi connectivity index (χ1) is 12.6. The van der Waals surface area contributed by atoms with Gasteiger partial charge in [-0.25, -0.2) is 4.98 Å². The number of amides is 1. The van der Waals surface area contributed by atoms with Crippen molar-refractivity contribution < 1.29 is 14.3 Å². The summed E-state index contributed by atoms with van der Waals surface area (Å²) < 4.78 is 11.0. The number of anilines is 2. The van der Waals surface area contributed by atoms with Crippen LogP contribution in [0.2, 0.25) is 0 Å². The maximum atomic E-state index is 12.4. The van der Waals surface area contributed by atoms with E-state index < -0.39 is 0 Å². The van der Waals surface area contributed by atoms with Gasteiger partial charge in [0.2, 0.25) is 0 Å². The summed E-state index contributed by atoms with van der Waals surface area (Å²) in [5, 5.41) is 5.23. The van der Waals surface area contributed by atoms with Gasteiger partial charge in [-0.15, -0.1) is 11.3 Å². The summed E-state index contributed by atoms with van der Waals surface area (Å²) in [6.45, 7) is 0. The second-order valence-corrected chi connectivity index (χ2v) is 6.51. The molecular formula is C19H15N3O3S. The fourth-order valence-corrected chi connectivity index (χ4v) is 3.19. The number of methoxy groups -OCH3 is 1. The van der Waals surface area contributed by atoms with E-state index in [1.165, 1.54) is 11.3 Å². The third-order valence-corrected chi connectivity index (χ3v) is 4.55. The van der Waals surface area contributed by atoms with Crippen molar-refractivity contribution in [3.05, 3.63) is 59.2 Å². The van der Waals surface area contributed by atoms with Gasteiger partial charge in [-0.3, -0.25) is 4.79 Å². The SMILES string of the molecule is COc1cccc(/C=C2/Oc3ccc(-c4csc(N)n4)cc3NC2=O)c1. The summed E-state index contributed by atoms with van der Waals surface area (Å²) in [6, 6.07) is 12.9. The standard InChI is InChI=1S/C19H15N3O3S/c1-24-13-4-2-3-11(7-13)8-17-18(23)21-14-9-12(5-6-16(14)25-17)15-10-26-19(20)22-15/h2-10H,1H3,(H2,20,22)(H,21,23)/b17-8+. The topological polar surface area (TPSA) is 86.5 Å². The first kappa shape index (κ1) is 16.2. The highest BCUT2D eigenvalue weighted by molar-refractivity contribution is 7.13. The molecule has 3 aromatic rings. The Morgan fingerprint density at radius 1 is 1.27 bits per heavy atom. The van der Waals surface area contributed by atoms with E-state index in [-0.39, 0.29) is 11.7 Å². The number of fused-ring (bicyclic) bond motifs is 1. The number of carbonyl (C=O) groups excluding carboxylic acids is 1. The van der Waals surface area contributed by atoms with E-state index in [2.05, 4.69) is 10.3 Å². The molecule has 4 rings (SSSR count). The number of benzene rings is 2. The highest BCUT2D eigenvalue weighted by Gasteiger charge is 2.22. The van der Waals surface area contributed by atoms with Crippen LogP contribution in [0.25, 0.3) is 17.3 Å². The summed E-state index contributed by atoms with van der Waals surface area (Å²) in [5.41, 5.74) is 8.72. The molecule has 0 saturated heterocycles. The summed E-state index contributed by atoms with van der Waals surface area (Å²) in [7, 11) is 1.60. The van der Waals surface area contributed by atoms with Gasteiger partial charge >= 0.3 is 0 Å². The molecule has 0 bridgehead atoms. The van der Waals surface area contributed by atoms with E-state index in [4.69, 9.17) is 15.2 Å². The zero-order valence-corrected chi connectivity index (χ0v) is 14.7. The Labute approximate surface area is 153 Å². The van der Waals surface area contributed by atoms with Gasteiger partial charge in [0.05, 0.1) is 18.5 Å². The van der Waals surface area contributed by atoms with Gasteiger partial charge in [-0.1, -0.05) is 12.1 Å². The molecule has 1 aliphatic rings. The van der Waals surface area contributed by atoms with Crippen molar-refractivity contribution in [2.45, 2.75) is 0 Å². The molecule has 7 heteroatoms. The Hall–Kier alpha value is -3.32. The molecule has 0 saturated carbocycles. The minimum Gasteiger partial charge on any atom is -0.497 e. The lowest BCUT2D eigenvalue weighted by Crippen LogP contribution is -2.23. The number of rotatable bonds is 3. The molecule has 3 N–H and O–H groups in total. The first-order valence-corrected chi connectivity index (χ1v) is 8.71. The summed E-state index contributed by atoms with van der Waals surface area (Å²) >= 11 is 1.37. The van der Waals surface area contributed by atoms with Crippen LogP contribution in [0.15, 0.2) is 53.6 Å². The molecule has 2 aromatic carbocycles. The Kier molecular flexibility index (Phi) is 4.06. The van der Waals surface area contributed by atoms with Crippen molar-refractivity contribution in [2.75, 3.05) is 18.2 Å². The molecule has 0 fully saturated rings. The molecule has 130 valence electrons. The number of nitrogen functional groups attached to an aromatic ring is 1. The van der Waals surface area contributed by atoms with Gasteiger partial charge in [0.15, 0.2) is 16.6 Å². The van der Waals surface area contributed by atoms with Gasteiger partial charge in [0.25, 0.3) is 5.91 Å². The van der Waals surface area contributed by atoms with Crippen LogP contribution in [0.1, 0.15) is 5.56 Å². The van der Waals surface area contributed by atoms with E-state index in [0.29, 0.717) is 22.3 Å². The number of nitrogens with zero attached hydrogens (tertiary/aromatic N) is 1. The predicted octanol–water partition coefficient (Wildman–Crippen LogP) is 3.77. The molecule has 1 amide bonds. The first-order valence-electron chi connectivity index (χ1n) is 7.83. The molecule has 1 aliphatic heterocycles. The minimum atomic E-state index is -0.310. The Morgan fingerprint density at radius 3 is 2.92 bits per heavy atom. The van der Waals surface area contributed by atoms with Crippen molar-refractivity contribution >= 4 is 34.1 Å². The number of nitrogens with one attached hydrogen (secondary N) is 1. The van der Waals surface area contributed by atoms with Crippen LogP contribution in [0.3, 0.4) is 0 Å². The van der Waals surface area contributed by atoms with E-state index in [1.807, 2.05) is 41.8 Å². The minimum absolute atomic E-state index is 0.219. The summed E-state index contributed by atoms with van der Waals surface area (Å²) in [6.07, 6.45) is 1.68. The molecule has 0 spiro atoms. The predicted molar refractivity (Wildman–Crippen MR) is 102 cm³/mol. The Bertz CT molecular complexity index is 1030. The fraction of sp³-hybridized carbons (Fsp3) is 0.0526. The Balaban J connectivity index is 1.64. The number of aromatic nitrogens is 1. The van der Waals surface area contributed by atoms with Crippen LogP contribution in [-0.4, -0.2) is 18.0 Å². The van der Waals surface area contributed by atoms with Crippen molar-refractivity contribution in [3.63, 3.8) is 0 Å². The van der Waals surface area contributed by atoms with Crippen molar-refractivity contribution in [2.24, 2.45) is 0 Å². The fourth-order valence-electron chi connectivity index (χ4n) is 2.62. The lowest BCUT2D eigenvalue weighted by Gasteiger charge is -2.20. The van der Waals surface area contributed by atoms with E-state index in [1.54, 1.807) is 19.3 Å². The second-order valence-electron chi connectivity index (χ2n) is 5.62. The van der Waals surface area contributed by atoms with Crippen LogP contribution in [0.4, 0.5) is 10.8 Å². The number of thiazole rings is 1. The quantitative estimate of drug-likeness (QED) is 0.690. The van der Waals surface area contributed by atoms with Crippen LogP contribution in [-0.2, 0) is 4.79 Å². The molecule has 0 aliphatic carbocycles. The third kappa shape index (κ3) is 3.12. The molecule has 0 unspecified atom stereocenters. The maximum absolute atomic E-state index is 12.4. The highest BCUT2D eigenvalue weighted by atomic mass is 32.1. The average Bonchev–Trinajstić information content (AvgIpc) is 3.08. The van der Waals surface area contributed by atoms with Gasteiger partial charge in [0.1, 0.15) is 5.75 Å². The molecule has 6 nitrogen and oxygen atoms in total. The Morgan fingerprint density at radius 2 is 2.15 bits per heavy atom. The van der Waals surface area contributed by atoms with Crippen molar-refractivity contribution in [3.8, 4) is 22.8 Å². The van der Waals surface area contributed by atoms with Crippen LogP contribution in [0, 0.1) is 0 Å². The number of hydrogen-bond donors (Lipinski definition) is 2. The third-order valence-electron chi connectivity index (χ3n) is 3.88. The van der Waals surface area contributed by atoms with Crippen molar-refractivity contribution in [1.29, 1.82) is 0 Å². The van der Waals surface area contributed by atoms with Gasteiger partial charge in [-0.05, 0) is 42.0 Å². The number of nitrogens with two attached hydrogens (primary N) is 1. The molecule has 2 heterocycles. The van der Waals surface area contributed by atoms with E-state index >= 15 is 0 Å². The molecule has 26 heavy (non-hydrogen) atoms. The maximum Gasteiger partial charge on any atom is 0.291 e. The number of ether oxygens (including phenoxy) is 2. The van der Waals surface area contributed by atoms with Gasteiger partial charge < -0.3 is 20.5 Å². The molecule has 1 aromatic heterocycles. The number of hydrogen-bond acceptors (Lipinski definition) is 6. The molecule has 0 radical (unpaired) electrons. The van der Waals surface area contributed by atoms with E-state index in [0.717, 1.165) is 16.8 Å². The van der Waals surface area contributed by atoms with Gasteiger partial charge in [0, 0.05) is 10.9 Å². The zero-order chi connectivity index (χ0) is 18.1. The second kappa shape index (κ2) is 6.53. The number of carbonyl (C=O) groups is 1. The highest BCUT2D eigenvalue weighted by Crippen LogP contribution is 2.35. The smallest absolute Gasteiger partial charge is 0.291 e. The lowest BCUT2D eigenvalue weighted by atomic mass is 10.1. The monoisotopic (exact) mass is 365 g/mol. The lowest BCUT2D eigenvalue weighted by molar-refractivity contribution is -0.115. The summed E-state index contributed by atoms with van der Waals surface area (Å²) in [4.78, 5) is 16.7. The molecular weight excluding hydrogens is 350 g/mol. The normalized spacial score (nSPS) is 14.5. The average molecular weight is 365 g/mol. The molecule has 0 atom stereocenters. The van der Waals surface area contributed by atoms with Crippen LogP contribution in [0.5, 0.6) is 11.5 Å². The van der Waals surface area contributed by atoms with Crippen molar-refractivity contribution in [1.82, 2.24) is 4.98 Å². The largest absolute Gasteiger partial charge is 0.497 e. The zero-order valence-electron chi connectivity index (χ0n) is 13.9. The van der Waals surface area contributed by atoms with Gasteiger partial charge in [-0.2, -0.15) is 0 Å². The van der Waals surface area contributed by atoms with E-state index in [9.17, 15) is 4.79 Å². The van der Waals surface area contributed by atoms with Crippen LogP contribution >= 0.6 is 11.3 Å². The van der Waals surface area contributed by atoms with Crippen LogP contribution < -0.4 is 20.5 Å².